The van der Waals surface area contributed by atoms with Crippen molar-refractivity contribution < 1.29 is 9.47 Å². The van der Waals surface area contributed by atoms with E-state index in [0.29, 0.717) is 19.1 Å². The van der Waals surface area contributed by atoms with E-state index in [1.165, 1.54) is 24.1 Å². The highest BCUT2D eigenvalue weighted by Gasteiger charge is 2.24. The normalized spacial score (nSPS) is 21.0. The third-order valence-corrected chi connectivity index (χ3v) is 5.63. The second-order valence-corrected chi connectivity index (χ2v) is 7.40. The predicted molar refractivity (Wildman–Crippen MR) is 95.6 cm³/mol. The summed E-state index contributed by atoms with van der Waals surface area (Å²) in [5.41, 5.74) is 2.59. The Kier molecular flexibility index (Phi) is 4.50. The predicted octanol–water partition coefficient (Wildman–Crippen LogP) is 3.33. The number of piperidine rings is 1. The lowest BCUT2D eigenvalue weighted by molar-refractivity contribution is 0.169. The van der Waals surface area contributed by atoms with Crippen LogP contribution >= 0.6 is 15.9 Å². The molecule has 0 bridgehead atoms. The Morgan fingerprint density at radius 3 is 2.79 bits per heavy atom. The average molecular weight is 392 g/mol. The maximum absolute atomic E-state index is 5.73. The summed E-state index contributed by atoms with van der Waals surface area (Å²) in [6, 6.07) is 6.30. The SMILES string of the molecule is Cn1nccc1C1CCCN(Cc2cc3c(cc2Br)OCCO3)C1. The summed E-state index contributed by atoms with van der Waals surface area (Å²) in [7, 11) is 2.03. The van der Waals surface area contributed by atoms with Crippen molar-refractivity contribution in [2.75, 3.05) is 26.3 Å². The molecule has 5 nitrogen and oxygen atoms in total. The fourth-order valence-corrected chi connectivity index (χ4v) is 4.14. The molecule has 1 aromatic carbocycles. The summed E-state index contributed by atoms with van der Waals surface area (Å²) in [5, 5.41) is 4.32. The van der Waals surface area contributed by atoms with Crippen LogP contribution in [0.3, 0.4) is 0 Å². The molecule has 1 aromatic heterocycles. The van der Waals surface area contributed by atoms with Crippen molar-refractivity contribution in [3.63, 3.8) is 0 Å². The molecule has 1 atom stereocenters. The van der Waals surface area contributed by atoms with Crippen molar-refractivity contribution in [2.24, 2.45) is 7.05 Å². The number of fused-ring (bicyclic) bond motifs is 1. The smallest absolute Gasteiger partial charge is 0.162 e. The molecule has 1 fully saturated rings. The molecule has 2 aromatic rings. The molecule has 128 valence electrons. The number of likely N-dealkylation sites (tertiary alicyclic amines) is 1. The summed E-state index contributed by atoms with van der Waals surface area (Å²) in [6.07, 6.45) is 4.35. The zero-order chi connectivity index (χ0) is 16.5. The van der Waals surface area contributed by atoms with Crippen LogP contribution in [0.2, 0.25) is 0 Å². The molecule has 0 amide bonds. The second kappa shape index (κ2) is 6.76. The van der Waals surface area contributed by atoms with Gasteiger partial charge in [0.05, 0.1) is 0 Å². The van der Waals surface area contributed by atoms with Crippen molar-refractivity contribution in [3.8, 4) is 11.5 Å². The largest absolute Gasteiger partial charge is 0.486 e. The van der Waals surface area contributed by atoms with E-state index in [9.17, 15) is 0 Å². The molecule has 3 heterocycles. The topological polar surface area (TPSA) is 39.5 Å². The lowest BCUT2D eigenvalue weighted by Gasteiger charge is -2.33. The summed E-state index contributed by atoms with van der Waals surface area (Å²) >= 11 is 3.69. The van der Waals surface area contributed by atoms with Gasteiger partial charge >= 0.3 is 0 Å². The molecule has 0 N–H and O–H groups in total. The number of halogens is 1. The second-order valence-electron chi connectivity index (χ2n) is 6.54. The first-order chi connectivity index (χ1) is 11.7. The number of hydrogen-bond acceptors (Lipinski definition) is 4. The van der Waals surface area contributed by atoms with Crippen molar-refractivity contribution in [2.45, 2.75) is 25.3 Å². The Morgan fingerprint density at radius 1 is 1.25 bits per heavy atom. The highest BCUT2D eigenvalue weighted by molar-refractivity contribution is 9.10. The molecule has 2 aliphatic heterocycles. The van der Waals surface area contributed by atoms with Gasteiger partial charge in [-0.2, -0.15) is 5.10 Å². The lowest BCUT2D eigenvalue weighted by Crippen LogP contribution is -2.34. The van der Waals surface area contributed by atoms with Crippen LogP contribution < -0.4 is 9.47 Å². The third kappa shape index (κ3) is 3.17. The van der Waals surface area contributed by atoms with E-state index in [1.54, 1.807) is 0 Å². The van der Waals surface area contributed by atoms with Crippen LogP contribution in [0, 0.1) is 0 Å². The lowest BCUT2D eigenvalue weighted by atomic mass is 9.94. The fraction of sp³-hybridized carbons (Fsp3) is 0.500. The van der Waals surface area contributed by atoms with Gasteiger partial charge in [-0.3, -0.25) is 9.58 Å². The van der Waals surface area contributed by atoms with E-state index in [0.717, 1.165) is 35.6 Å². The van der Waals surface area contributed by atoms with Gasteiger partial charge in [-0.05, 0) is 43.1 Å². The van der Waals surface area contributed by atoms with Gasteiger partial charge in [-0.15, -0.1) is 0 Å². The van der Waals surface area contributed by atoms with Gasteiger partial charge in [0.25, 0.3) is 0 Å². The van der Waals surface area contributed by atoms with E-state index >= 15 is 0 Å². The summed E-state index contributed by atoms with van der Waals surface area (Å²) in [6.45, 7) is 4.37. The van der Waals surface area contributed by atoms with Gasteiger partial charge in [0, 0.05) is 42.4 Å². The highest BCUT2D eigenvalue weighted by Crippen LogP contribution is 2.36. The number of benzene rings is 1. The molecular formula is C18H22BrN3O2. The Bertz CT molecular complexity index is 731. The molecule has 0 spiro atoms. The molecule has 1 unspecified atom stereocenters. The Balaban J connectivity index is 1.50. The standard InChI is InChI=1S/C18H22BrN3O2/c1-21-16(4-5-20-21)13-3-2-6-22(11-13)12-14-9-17-18(10-15(14)19)24-8-7-23-17/h4-5,9-10,13H,2-3,6-8,11-12H2,1H3. The minimum Gasteiger partial charge on any atom is -0.486 e. The van der Waals surface area contributed by atoms with Crippen LogP contribution in [-0.4, -0.2) is 41.0 Å². The third-order valence-electron chi connectivity index (χ3n) is 4.89. The number of aryl methyl sites for hydroxylation is 1. The Hall–Kier alpha value is -1.53. The highest BCUT2D eigenvalue weighted by atomic mass is 79.9. The van der Waals surface area contributed by atoms with E-state index in [4.69, 9.17) is 9.47 Å². The Labute approximate surface area is 150 Å². The van der Waals surface area contributed by atoms with E-state index in [1.807, 2.05) is 24.0 Å². The van der Waals surface area contributed by atoms with E-state index in [-0.39, 0.29) is 0 Å². The van der Waals surface area contributed by atoms with Crippen LogP contribution in [0.25, 0.3) is 0 Å². The van der Waals surface area contributed by atoms with Crippen LogP contribution in [0.4, 0.5) is 0 Å². The number of aromatic nitrogens is 2. The van der Waals surface area contributed by atoms with Gasteiger partial charge in [0.15, 0.2) is 11.5 Å². The van der Waals surface area contributed by atoms with Gasteiger partial charge < -0.3 is 9.47 Å². The van der Waals surface area contributed by atoms with Gasteiger partial charge in [-0.25, -0.2) is 0 Å². The maximum atomic E-state index is 5.73. The number of nitrogens with zero attached hydrogens (tertiary/aromatic N) is 3. The minimum absolute atomic E-state index is 0.558. The Morgan fingerprint density at radius 2 is 2.04 bits per heavy atom. The number of ether oxygens (including phenoxy) is 2. The molecule has 4 rings (SSSR count). The summed E-state index contributed by atoms with van der Waals surface area (Å²) in [4.78, 5) is 2.53. The molecule has 0 saturated carbocycles. The summed E-state index contributed by atoms with van der Waals surface area (Å²) in [5.74, 6) is 2.25. The fourth-order valence-electron chi connectivity index (χ4n) is 3.69. The maximum Gasteiger partial charge on any atom is 0.162 e. The monoisotopic (exact) mass is 391 g/mol. The molecule has 24 heavy (non-hydrogen) atoms. The minimum atomic E-state index is 0.558. The van der Waals surface area contributed by atoms with Gasteiger partial charge in [-0.1, -0.05) is 15.9 Å². The van der Waals surface area contributed by atoms with Crippen molar-refractivity contribution in [1.29, 1.82) is 0 Å². The molecular weight excluding hydrogens is 370 g/mol. The van der Waals surface area contributed by atoms with Crippen LogP contribution in [0.15, 0.2) is 28.9 Å². The van der Waals surface area contributed by atoms with Crippen molar-refractivity contribution in [3.05, 3.63) is 40.1 Å². The van der Waals surface area contributed by atoms with Gasteiger partial charge in [0.1, 0.15) is 13.2 Å². The van der Waals surface area contributed by atoms with E-state index < -0.39 is 0 Å². The molecule has 2 aliphatic rings. The van der Waals surface area contributed by atoms with Crippen molar-refractivity contribution in [1.82, 2.24) is 14.7 Å². The molecule has 0 radical (unpaired) electrons. The van der Waals surface area contributed by atoms with Crippen LogP contribution in [0.1, 0.15) is 30.0 Å². The first kappa shape index (κ1) is 16.0. The first-order valence-corrected chi connectivity index (χ1v) is 9.28. The molecule has 0 aliphatic carbocycles. The van der Waals surface area contributed by atoms with E-state index in [2.05, 4.69) is 38.1 Å². The quantitative estimate of drug-likeness (QED) is 0.804. The zero-order valence-electron chi connectivity index (χ0n) is 13.9. The first-order valence-electron chi connectivity index (χ1n) is 8.49. The molecule has 6 heteroatoms. The van der Waals surface area contributed by atoms with Crippen molar-refractivity contribution >= 4 is 15.9 Å². The number of hydrogen-bond donors (Lipinski definition) is 0. The zero-order valence-corrected chi connectivity index (χ0v) is 15.5. The number of rotatable bonds is 3. The average Bonchev–Trinajstić information content (AvgIpc) is 3.02. The van der Waals surface area contributed by atoms with Crippen LogP contribution in [-0.2, 0) is 13.6 Å². The van der Waals surface area contributed by atoms with Gasteiger partial charge in [0.2, 0.25) is 0 Å². The van der Waals surface area contributed by atoms with Crippen LogP contribution in [0.5, 0.6) is 11.5 Å². The summed E-state index contributed by atoms with van der Waals surface area (Å²) < 4.78 is 14.5. The molecule has 1 saturated heterocycles.